The quantitative estimate of drug-likeness (QED) is 0.589. The van der Waals surface area contributed by atoms with E-state index in [0.29, 0.717) is 28.1 Å². The second-order valence-corrected chi connectivity index (χ2v) is 6.58. The van der Waals surface area contributed by atoms with Crippen LogP contribution in [-0.4, -0.2) is 23.6 Å². The van der Waals surface area contributed by atoms with Crippen LogP contribution in [0, 0.1) is 5.82 Å². The summed E-state index contributed by atoms with van der Waals surface area (Å²) in [5, 5.41) is 11.5. The summed E-state index contributed by atoms with van der Waals surface area (Å²) in [5.74, 6) is -1.25. The number of carboxylic acid groups (broad SMARTS) is 1. The third-order valence-corrected chi connectivity index (χ3v) is 4.07. The first-order chi connectivity index (χ1) is 13.3. The van der Waals surface area contributed by atoms with Gasteiger partial charge in [-0.3, -0.25) is 4.79 Å². The molecular formula is C20H19BrFNO5. The molecule has 0 atom stereocenters. The molecule has 2 aromatic carbocycles. The zero-order chi connectivity index (χ0) is 20.7. The number of halogens is 2. The van der Waals surface area contributed by atoms with Crippen molar-refractivity contribution in [2.24, 2.45) is 0 Å². The first-order valence-electron chi connectivity index (χ1n) is 8.36. The smallest absolute Gasteiger partial charge is 0.352 e. The number of hydrogen-bond acceptors (Lipinski definition) is 4. The van der Waals surface area contributed by atoms with Gasteiger partial charge in [-0.05, 0) is 64.3 Å². The molecule has 0 heterocycles. The molecule has 0 aromatic heterocycles. The van der Waals surface area contributed by atoms with Gasteiger partial charge in [-0.25, -0.2) is 9.18 Å². The number of nitrogens with one attached hydrogen (secondary N) is 1. The van der Waals surface area contributed by atoms with E-state index in [2.05, 4.69) is 21.2 Å². The number of rotatable bonds is 8. The van der Waals surface area contributed by atoms with Crippen molar-refractivity contribution in [3.05, 3.63) is 63.5 Å². The summed E-state index contributed by atoms with van der Waals surface area (Å²) in [6.07, 6.45) is 1.32. The molecular weight excluding hydrogens is 433 g/mol. The average Bonchev–Trinajstić information content (AvgIpc) is 2.62. The molecule has 28 heavy (non-hydrogen) atoms. The molecule has 2 aromatic rings. The SMILES string of the molecule is CCOc1cc(/C=C(/NC(C)=O)C(=O)O)cc(Br)c1OCc1ccc(F)cc1. The molecule has 0 saturated heterocycles. The van der Waals surface area contributed by atoms with Gasteiger partial charge in [0.25, 0.3) is 0 Å². The molecule has 2 rings (SSSR count). The molecule has 0 radical (unpaired) electrons. The van der Waals surface area contributed by atoms with Gasteiger partial charge in [0, 0.05) is 6.92 Å². The van der Waals surface area contributed by atoms with Crippen LogP contribution in [0.25, 0.3) is 6.08 Å². The molecule has 0 bridgehead atoms. The minimum Gasteiger partial charge on any atom is -0.490 e. The van der Waals surface area contributed by atoms with Gasteiger partial charge in [-0.15, -0.1) is 0 Å². The summed E-state index contributed by atoms with van der Waals surface area (Å²) in [4.78, 5) is 22.5. The first kappa shape index (κ1) is 21.4. The zero-order valence-electron chi connectivity index (χ0n) is 15.3. The Morgan fingerprint density at radius 1 is 1.21 bits per heavy atom. The Hall–Kier alpha value is -2.87. The fourth-order valence-electron chi connectivity index (χ4n) is 2.32. The van der Waals surface area contributed by atoms with E-state index in [1.165, 1.54) is 25.1 Å². The second-order valence-electron chi connectivity index (χ2n) is 5.72. The van der Waals surface area contributed by atoms with Crippen LogP contribution in [0.5, 0.6) is 11.5 Å². The Balaban J connectivity index is 2.33. The van der Waals surface area contributed by atoms with Gasteiger partial charge in [0.05, 0.1) is 11.1 Å². The molecule has 0 saturated carbocycles. The Kier molecular flexibility index (Phi) is 7.57. The fourth-order valence-corrected chi connectivity index (χ4v) is 2.89. The number of carboxylic acids is 1. The number of carbonyl (C=O) groups is 2. The number of benzene rings is 2. The van der Waals surface area contributed by atoms with E-state index >= 15 is 0 Å². The summed E-state index contributed by atoms with van der Waals surface area (Å²) in [6.45, 7) is 3.59. The maximum atomic E-state index is 13.0. The van der Waals surface area contributed by atoms with E-state index < -0.39 is 11.9 Å². The van der Waals surface area contributed by atoms with E-state index in [-0.39, 0.29) is 18.1 Å². The fraction of sp³-hybridized carbons (Fsp3) is 0.200. The number of amides is 1. The number of ether oxygens (including phenoxy) is 2. The van der Waals surface area contributed by atoms with Crippen LogP contribution >= 0.6 is 15.9 Å². The maximum Gasteiger partial charge on any atom is 0.352 e. The Bertz CT molecular complexity index is 896. The predicted molar refractivity (Wildman–Crippen MR) is 105 cm³/mol. The van der Waals surface area contributed by atoms with E-state index in [1.807, 2.05) is 0 Å². The van der Waals surface area contributed by atoms with Gasteiger partial charge in [0.1, 0.15) is 18.1 Å². The molecule has 6 nitrogen and oxygen atoms in total. The maximum absolute atomic E-state index is 13.0. The van der Waals surface area contributed by atoms with Gasteiger partial charge in [0.2, 0.25) is 5.91 Å². The summed E-state index contributed by atoms with van der Waals surface area (Å²) in [7, 11) is 0. The lowest BCUT2D eigenvalue weighted by Crippen LogP contribution is -2.24. The van der Waals surface area contributed by atoms with Crippen LogP contribution in [0.15, 0.2) is 46.6 Å². The van der Waals surface area contributed by atoms with Crippen LogP contribution < -0.4 is 14.8 Å². The highest BCUT2D eigenvalue weighted by Crippen LogP contribution is 2.38. The van der Waals surface area contributed by atoms with Crippen molar-refractivity contribution in [1.29, 1.82) is 0 Å². The van der Waals surface area contributed by atoms with Crippen molar-refractivity contribution in [3.63, 3.8) is 0 Å². The highest BCUT2D eigenvalue weighted by molar-refractivity contribution is 9.10. The van der Waals surface area contributed by atoms with Gasteiger partial charge < -0.3 is 19.9 Å². The topological polar surface area (TPSA) is 84.9 Å². The third kappa shape index (κ3) is 6.09. The highest BCUT2D eigenvalue weighted by atomic mass is 79.9. The van der Waals surface area contributed by atoms with Crippen molar-refractivity contribution in [2.45, 2.75) is 20.5 Å². The van der Waals surface area contributed by atoms with E-state index in [9.17, 15) is 19.1 Å². The van der Waals surface area contributed by atoms with Crippen LogP contribution in [0.4, 0.5) is 4.39 Å². The monoisotopic (exact) mass is 451 g/mol. The summed E-state index contributed by atoms with van der Waals surface area (Å²) in [6, 6.07) is 9.19. The second kappa shape index (κ2) is 9.89. The van der Waals surface area contributed by atoms with Gasteiger partial charge >= 0.3 is 5.97 Å². The molecule has 0 unspecified atom stereocenters. The van der Waals surface area contributed by atoms with Crippen LogP contribution in [0.1, 0.15) is 25.0 Å². The van der Waals surface area contributed by atoms with E-state index in [4.69, 9.17) is 9.47 Å². The van der Waals surface area contributed by atoms with Crippen molar-refractivity contribution in [1.82, 2.24) is 5.32 Å². The van der Waals surface area contributed by atoms with Gasteiger partial charge in [-0.2, -0.15) is 0 Å². The largest absolute Gasteiger partial charge is 0.490 e. The molecule has 0 aliphatic carbocycles. The zero-order valence-corrected chi connectivity index (χ0v) is 16.9. The Labute approximate surface area is 170 Å². The van der Waals surface area contributed by atoms with Crippen LogP contribution in [0.3, 0.4) is 0 Å². The minimum atomic E-state index is -1.26. The van der Waals surface area contributed by atoms with Crippen molar-refractivity contribution in [3.8, 4) is 11.5 Å². The number of carbonyl (C=O) groups excluding carboxylic acids is 1. The van der Waals surface area contributed by atoms with Crippen molar-refractivity contribution in [2.75, 3.05) is 6.61 Å². The summed E-state index contributed by atoms with van der Waals surface area (Å²) >= 11 is 3.40. The normalized spacial score (nSPS) is 11.1. The Morgan fingerprint density at radius 3 is 2.46 bits per heavy atom. The van der Waals surface area contributed by atoms with Crippen molar-refractivity contribution >= 4 is 33.9 Å². The molecule has 0 spiro atoms. The van der Waals surface area contributed by atoms with Crippen molar-refractivity contribution < 1.29 is 28.6 Å². The molecule has 8 heteroatoms. The predicted octanol–water partition coefficient (Wildman–Crippen LogP) is 4.13. The van der Waals surface area contributed by atoms with Crippen LogP contribution in [-0.2, 0) is 16.2 Å². The summed E-state index contributed by atoms with van der Waals surface area (Å²) < 4.78 is 25.0. The molecule has 148 valence electrons. The standard InChI is InChI=1S/C20H19BrFNO5/c1-3-27-18-10-14(9-17(20(25)26)23-12(2)24)8-16(21)19(18)28-11-13-4-6-15(22)7-5-13/h4-10H,3,11H2,1-2H3,(H,23,24)(H,25,26)/b17-9+. The first-order valence-corrected chi connectivity index (χ1v) is 9.15. The third-order valence-electron chi connectivity index (χ3n) is 3.48. The van der Waals surface area contributed by atoms with Gasteiger partial charge in [-0.1, -0.05) is 12.1 Å². The van der Waals surface area contributed by atoms with Gasteiger partial charge in [0.15, 0.2) is 11.5 Å². The summed E-state index contributed by atoms with van der Waals surface area (Å²) in [5.41, 5.74) is 1.01. The minimum absolute atomic E-state index is 0.195. The molecule has 0 fully saturated rings. The average molecular weight is 452 g/mol. The van der Waals surface area contributed by atoms with E-state index in [1.54, 1.807) is 31.2 Å². The molecule has 2 N–H and O–H groups in total. The molecule has 0 aliphatic heterocycles. The lowest BCUT2D eigenvalue weighted by Gasteiger charge is -2.15. The Morgan fingerprint density at radius 2 is 1.89 bits per heavy atom. The molecule has 0 aliphatic rings. The lowest BCUT2D eigenvalue weighted by atomic mass is 10.1. The van der Waals surface area contributed by atoms with E-state index in [0.717, 1.165) is 5.56 Å². The number of hydrogen-bond donors (Lipinski definition) is 2. The molecule has 1 amide bonds. The van der Waals surface area contributed by atoms with Crippen LogP contribution in [0.2, 0.25) is 0 Å². The highest BCUT2D eigenvalue weighted by Gasteiger charge is 2.14. The number of aliphatic carboxylic acids is 1. The lowest BCUT2D eigenvalue weighted by molar-refractivity contribution is -0.134.